The maximum absolute atomic E-state index is 12.6. The molecule has 1 aromatic carbocycles. The van der Waals surface area contributed by atoms with E-state index in [2.05, 4.69) is 10.1 Å². The minimum Gasteiger partial charge on any atom is -0.478 e. The second-order valence-corrected chi connectivity index (χ2v) is 9.03. The van der Waals surface area contributed by atoms with Crippen LogP contribution in [0.4, 0.5) is 13.2 Å². The van der Waals surface area contributed by atoms with Crippen LogP contribution in [0.15, 0.2) is 46.5 Å². The number of halogens is 3. The molecule has 0 aliphatic carbocycles. The van der Waals surface area contributed by atoms with Gasteiger partial charge in [0.25, 0.3) is 0 Å². The first-order valence-electron chi connectivity index (χ1n) is 8.61. The van der Waals surface area contributed by atoms with Crippen molar-refractivity contribution in [3.8, 4) is 5.75 Å². The Kier molecular flexibility index (Phi) is 6.58. The number of carbonyl (C=O) groups is 1. The van der Waals surface area contributed by atoms with Crippen LogP contribution in [-0.2, 0) is 4.79 Å². The predicted molar refractivity (Wildman–Crippen MR) is 100 cm³/mol. The van der Waals surface area contributed by atoms with Gasteiger partial charge in [0.05, 0.1) is 5.57 Å². The summed E-state index contributed by atoms with van der Waals surface area (Å²) >= 11 is 0. The zero-order valence-corrected chi connectivity index (χ0v) is 16.5. The number of nitrogens with one attached hydrogen (secondary N) is 1. The van der Waals surface area contributed by atoms with Crippen molar-refractivity contribution in [1.82, 2.24) is 5.32 Å². The van der Waals surface area contributed by atoms with E-state index in [1.54, 1.807) is 13.0 Å². The zero-order valence-electron chi connectivity index (χ0n) is 15.6. The second-order valence-electron chi connectivity index (χ2n) is 6.20. The fraction of sp³-hybridized carbons (Fsp3) is 0.421. The largest absolute Gasteiger partial charge is 0.573 e. The van der Waals surface area contributed by atoms with Gasteiger partial charge in [0, 0.05) is 17.3 Å². The average Bonchev–Trinajstić information content (AvgIpc) is 2.55. The molecule has 0 amide bonds. The summed E-state index contributed by atoms with van der Waals surface area (Å²) in [6.45, 7) is 7.65. The molecule has 0 bridgehead atoms. The summed E-state index contributed by atoms with van der Waals surface area (Å²) in [4.78, 5) is 12.0. The van der Waals surface area contributed by atoms with Crippen LogP contribution in [0.3, 0.4) is 0 Å². The van der Waals surface area contributed by atoms with Gasteiger partial charge in [-0.05, 0) is 49.2 Å². The fourth-order valence-corrected chi connectivity index (χ4v) is 5.77. The Balaban J connectivity index is 2.63. The molecule has 0 saturated carbocycles. The Morgan fingerprint density at radius 2 is 1.85 bits per heavy atom. The molecule has 0 spiro atoms. The standard InChI is InChI=1S/C19H23F3NO3P/c1-5-27(6-2)17-12(4)23-11(3)15(18(24)25)16(17)13-8-7-9-14(10-13)26-19(20,21)22/h7-10,16,23H,5-6H2,1-4H3,(H,24,25). The first-order chi connectivity index (χ1) is 12.6. The molecule has 0 fully saturated rings. The Hall–Kier alpha value is -2.01. The number of aliphatic carboxylic acids is 1. The second kappa shape index (κ2) is 8.34. The molecule has 1 unspecified atom stereocenters. The van der Waals surface area contributed by atoms with Crippen LogP contribution in [0.5, 0.6) is 5.75 Å². The lowest BCUT2D eigenvalue weighted by atomic mass is 9.86. The number of carboxylic acid groups (broad SMARTS) is 1. The van der Waals surface area contributed by atoms with Crippen LogP contribution < -0.4 is 10.1 Å². The Morgan fingerprint density at radius 3 is 2.37 bits per heavy atom. The molecule has 1 aliphatic rings. The van der Waals surface area contributed by atoms with Crippen LogP contribution in [-0.4, -0.2) is 29.8 Å². The van der Waals surface area contributed by atoms with Gasteiger partial charge in [-0.2, -0.15) is 0 Å². The van der Waals surface area contributed by atoms with E-state index in [1.165, 1.54) is 18.2 Å². The molecule has 0 aromatic heterocycles. The third kappa shape index (κ3) is 4.83. The number of hydrogen-bond acceptors (Lipinski definition) is 3. The van der Waals surface area contributed by atoms with Gasteiger partial charge in [0.15, 0.2) is 0 Å². The summed E-state index contributed by atoms with van der Waals surface area (Å²) in [5.41, 5.74) is 2.02. The summed E-state index contributed by atoms with van der Waals surface area (Å²) in [6, 6.07) is 5.61. The first-order valence-corrected chi connectivity index (χ1v) is 10.3. The lowest BCUT2D eigenvalue weighted by molar-refractivity contribution is -0.274. The number of dihydropyridines is 1. The summed E-state index contributed by atoms with van der Waals surface area (Å²) in [7, 11) is -0.627. The SMILES string of the molecule is CCP(CC)C1=C(C)NC(C)=C(C(=O)O)C1c1cccc(OC(F)(F)F)c1. The molecule has 1 aliphatic heterocycles. The van der Waals surface area contributed by atoms with Crippen molar-refractivity contribution in [2.75, 3.05) is 12.3 Å². The van der Waals surface area contributed by atoms with Crippen LogP contribution >= 0.6 is 7.92 Å². The van der Waals surface area contributed by atoms with Crippen molar-refractivity contribution in [1.29, 1.82) is 0 Å². The molecule has 1 aromatic rings. The molecular formula is C19H23F3NO3P. The minimum absolute atomic E-state index is 0.161. The first kappa shape index (κ1) is 21.3. The van der Waals surface area contributed by atoms with E-state index in [1.807, 2.05) is 20.8 Å². The quantitative estimate of drug-likeness (QED) is 0.628. The highest BCUT2D eigenvalue weighted by Crippen LogP contribution is 2.56. The number of hydrogen-bond donors (Lipinski definition) is 2. The van der Waals surface area contributed by atoms with Crippen molar-refractivity contribution in [2.24, 2.45) is 0 Å². The third-order valence-electron chi connectivity index (χ3n) is 4.48. The van der Waals surface area contributed by atoms with Gasteiger partial charge in [-0.25, -0.2) is 4.79 Å². The summed E-state index contributed by atoms with van der Waals surface area (Å²) in [5.74, 6) is -2.04. The lowest BCUT2D eigenvalue weighted by Gasteiger charge is -2.35. The summed E-state index contributed by atoms with van der Waals surface area (Å²) in [5, 5.41) is 13.9. The van der Waals surface area contributed by atoms with Gasteiger partial charge in [-0.15, -0.1) is 13.2 Å². The fourth-order valence-electron chi connectivity index (χ4n) is 3.47. The summed E-state index contributed by atoms with van der Waals surface area (Å²) in [6.07, 6.45) is -3.08. The Bertz CT molecular complexity index is 783. The predicted octanol–water partition coefficient (Wildman–Crippen LogP) is 5.38. The molecular weight excluding hydrogens is 378 g/mol. The molecule has 2 N–H and O–H groups in total. The van der Waals surface area contributed by atoms with Gasteiger partial charge >= 0.3 is 12.3 Å². The van der Waals surface area contributed by atoms with Crippen molar-refractivity contribution < 1.29 is 27.8 Å². The molecule has 0 radical (unpaired) electrons. The van der Waals surface area contributed by atoms with Crippen LogP contribution in [0, 0.1) is 0 Å². The van der Waals surface area contributed by atoms with Crippen LogP contribution in [0.1, 0.15) is 39.2 Å². The van der Waals surface area contributed by atoms with Gasteiger partial charge in [0.1, 0.15) is 5.75 Å². The van der Waals surface area contributed by atoms with Gasteiger partial charge in [-0.3, -0.25) is 0 Å². The minimum atomic E-state index is -4.80. The zero-order chi connectivity index (χ0) is 20.4. The van der Waals surface area contributed by atoms with Crippen molar-refractivity contribution in [3.63, 3.8) is 0 Å². The van der Waals surface area contributed by atoms with E-state index >= 15 is 0 Å². The Morgan fingerprint density at radius 1 is 1.22 bits per heavy atom. The smallest absolute Gasteiger partial charge is 0.478 e. The van der Waals surface area contributed by atoms with Crippen molar-refractivity contribution >= 4 is 13.9 Å². The topological polar surface area (TPSA) is 58.6 Å². The van der Waals surface area contributed by atoms with E-state index in [4.69, 9.17) is 0 Å². The highest BCUT2D eigenvalue weighted by molar-refractivity contribution is 7.62. The number of alkyl halides is 3. The maximum Gasteiger partial charge on any atom is 0.573 e. The Labute approximate surface area is 157 Å². The van der Waals surface area contributed by atoms with E-state index in [9.17, 15) is 23.1 Å². The summed E-state index contributed by atoms with van der Waals surface area (Å²) < 4.78 is 41.9. The molecule has 0 saturated heterocycles. The average molecular weight is 401 g/mol. The maximum atomic E-state index is 12.6. The molecule has 1 atom stereocenters. The third-order valence-corrected chi connectivity index (χ3v) is 7.29. The number of benzene rings is 1. The number of rotatable bonds is 6. The number of carboxylic acids is 1. The molecule has 1 heterocycles. The van der Waals surface area contributed by atoms with E-state index in [-0.39, 0.29) is 11.3 Å². The van der Waals surface area contributed by atoms with Crippen molar-refractivity contribution in [3.05, 3.63) is 52.1 Å². The van der Waals surface area contributed by atoms with E-state index in [0.29, 0.717) is 11.3 Å². The normalized spacial score (nSPS) is 18.0. The van der Waals surface area contributed by atoms with E-state index in [0.717, 1.165) is 23.3 Å². The van der Waals surface area contributed by atoms with Crippen LogP contribution in [0.25, 0.3) is 0 Å². The van der Waals surface area contributed by atoms with Gasteiger partial charge in [0.2, 0.25) is 0 Å². The highest BCUT2D eigenvalue weighted by Gasteiger charge is 2.36. The van der Waals surface area contributed by atoms with Gasteiger partial charge in [-0.1, -0.05) is 33.9 Å². The number of ether oxygens (including phenoxy) is 1. The molecule has 8 heteroatoms. The molecule has 2 rings (SSSR count). The highest BCUT2D eigenvalue weighted by atomic mass is 31.1. The van der Waals surface area contributed by atoms with Crippen molar-refractivity contribution in [2.45, 2.75) is 40.0 Å². The number of allylic oxidation sites excluding steroid dienone is 3. The molecule has 4 nitrogen and oxygen atoms in total. The van der Waals surface area contributed by atoms with E-state index < -0.39 is 26.2 Å². The van der Waals surface area contributed by atoms with Gasteiger partial charge < -0.3 is 15.2 Å². The van der Waals surface area contributed by atoms with Crippen LogP contribution in [0.2, 0.25) is 0 Å². The molecule has 27 heavy (non-hydrogen) atoms. The lowest BCUT2D eigenvalue weighted by Crippen LogP contribution is -2.28. The monoisotopic (exact) mass is 401 g/mol. The molecule has 148 valence electrons.